The molecule has 0 saturated heterocycles. The second kappa shape index (κ2) is 9.67. The van der Waals surface area contributed by atoms with Crippen molar-refractivity contribution in [2.45, 2.75) is 20.3 Å². The number of aromatic nitrogens is 2. The van der Waals surface area contributed by atoms with Crippen LogP contribution in [0.15, 0.2) is 60.9 Å². The van der Waals surface area contributed by atoms with E-state index in [1.807, 2.05) is 62.5 Å². The number of methoxy groups -OCH3 is 1. The summed E-state index contributed by atoms with van der Waals surface area (Å²) in [5.41, 5.74) is 4.98. The molecule has 0 atom stereocenters. The van der Waals surface area contributed by atoms with Crippen LogP contribution in [0.2, 0.25) is 0 Å². The normalized spacial score (nSPS) is 10.0. The highest BCUT2D eigenvalue weighted by Gasteiger charge is 2.07. The van der Waals surface area contributed by atoms with Crippen molar-refractivity contribution in [1.82, 2.24) is 9.97 Å². The minimum Gasteiger partial charge on any atom is -0.495 e. The number of pyridine rings is 1. The van der Waals surface area contributed by atoms with Crippen LogP contribution in [-0.4, -0.2) is 17.1 Å². The summed E-state index contributed by atoms with van der Waals surface area (Å²) >= 11 is 1.60. The molecular formula is C23H22N4OS. The average Bonchev–Trinajstić information content (AvgIpc) is 3.18. The van der Waals surface area contributed by atoms with E-state index in [-0.39, 0.29) is 0 Å². The highest BCUT2D eigenvalue weighted by Crippen LogP contribution is 2.32. The Morgan fingerprint density at radius 3 is 2.55 bits per heavy atom. The van der Waals surface area contributed by atoms with E-state index in [0.29, 0.717) is 6.42 Å². The Kier molecular flexibility index (Phi) is 6.77. The average molecular weight is 403 g/mol. The van der Waals surface area contributed by atoms with Crippen molar-refractivity contribution >= 4 is 32.4 Å². The number of ether oxygens (including phenoxy) is 1. The summed E-state index contributed by atoms with van der Waals surface area (Å²) in [5, 5.41) is 12.9. The van der Waals surface area contributed by atoms with E-state index in [2.05, 4.69) is 27.4 Å². The first-order valence-corrected chi connectivity index (χ1v) is 10.2. The summed E-state index contributed by atoms with van der Waals surface area (Å²) in [7, 11) is 1.64. The van der Waals surface area contributed by atoms with Gasteiger partial charge in [-0.15, -0.1) is 0 Å². The summed E-state index contributed by atoms with van der Waals surface area (Å²) in [6, 6.07) is 18.1. The molecule has 2 aromatic carbocycles. The number of nitriles is 1. The molecule has 1 N–H and O–H groups in total. The molecule has 2 aromatic heterocycles. The lowest BCUT2D eigenvalue weighted by Crippen LogP contribution is -1.89. The second-order valence-corrected chi connectivity index (χ2v) is 7.00. The molecule has 0 fully saturated rings. The standard InChI is InChI=1S/C21H16N4OS.C2H6/c1-26-18-10-16(12-23-13-18)15-4-7-19-20(11-15)27-21(25-19)24-17-5-2-14(3-6-17)8-9-22;1-2/h2-7,10-13H,8H2,1H3,(H,24,25);1-2H3. The number of hydrogen-bond donors (Lipinski definition) is 1. The Bertz CT molecular complexity index is 1130. The summed E-state index contributed by atoms with van der Waals surface area (Å²) in [4.78, 5) is 8.87. The van der Waals surface area contributed by atoms with Crippen LogP contribution in [0.3, 0.4) is 0 Å². The molecule has 0 spiro atoms. The maximum Gasteiger partial charge on any atom is 0.188 e. The van der Waals surface area contributed by atoms with Gasteiger partial charge in [-0.25, -0.2) is 4.98 Å². The molecule has 0 bridgehead atoms. The van der Waals surface area contributed by atoms with Crippen molar-refractivity contribution in [2.75, 3.05) is 12.4 Å². The van der Waals surface area contributed by atoms with Gasteiger partial charge < -0.3 is 10.1 Å². The predicted octanol–water partition coefficient (Wildman–Crippen LogP) is 6.20. The first-order chi connectivity index (χ1) is 14.2. The van der Waals surface area contributed by atoms with E-state index in [0.717, 1.165) is 43.5 Å². The molecule has 5 nitrogen and oxygen atoms in total. The van der Waals surface area contributed by atoms with Crippen LogP contribution >= 0.6 is 11.3 Å². The molecule has 0 unspecified atom stereocenters. The van der Waals surface area contributed by atoms with Gasteiger partial charge in [-0.05, 0) is 41.5 Å². The molecule has 0 aliphatic heterocycles. The van der Waals surface area contributed by atoms with Crippen LogP contribution in [0.25, 0.3) is 21.3 Å². The summed E-state index contributed by atoms with van der Waals surface area (Å²) in [6.07, 6.45) is 3.94. The van der Waals surface area contributed by atoms with Crippen LogP contribution in [0.1, 0.15) is 19.4 Å². The third-order valence-electron chi connectivity index (χ3n) is 4.16. The lowest BCUT2D eigenvalue weighted by atomic mass is 10.1. The van der Waals surface area contributed by atoms with Crippen LogP contribution < -0.4 is 10.1 Å². The third kappa shape index (κ3) is 4.89. The second-order valence-electron chi connectivity index (χ2n) is 5.97. The molecule has 0 amide bonds. The number of benzene rings is 2. The van der Waals surface area contributed by atoms with Crippen LogP contribution in [0.5, 0.6) is 5.75 Å². The SMILES string of the molecule is CC.COc1cncc(-c2ccc3nc(Nc4ccc(CC#N)cc4)sc3c2)c1. The Hall–Kier alpha value is -3.43. The Balaban J connectivity index is 0.00000117. The van der Waals surface area contributed by atoms with Crippen LogP contribution in [-0.2, 0) is 6.42 Å². The van der Waals surface area contributed by atoms with Gasteiger partial charge >= 0.3 is 0 Å². The number of nitrogens with one attached hydrogen (secondary N) is 1. The smallest absolute Gasteiger partial charge is 0.188 e. The highest BCUT2D eigenvalue weighted by atomic mass is 32.1. The molecular weight excluding hydrogens is 380 g/mol. The molecule has 29 heavy (non-hydrogen) atoms. The van der Waals surface area contributed by atoms with Crippen molar-refractivity contribution in [3.8, 4) is 22.9 Å². The first-order valence-electron chi connectivity index (χ1n) is 9.38. The van der Waals surface area contributed by atoms with Gasteiger partial charge in [0.1, 0.15) is 5.75 Å². The van der Waals surface area contributed by atoms with Gasteiger partial charge in [0.15, 0.2) is 5.13 Å². The fourth-order valence-electron chi connectivity index (χ4n) is 2.77. The Morgan fingerprint density at radius 2 is 1.83 bits per heavy atom. The van der Waals surface area contributed by atoms with Crippen molar-refractivity contribution < 1.29 is 4.74 Å². The quantitative estimate of drug-likeness (QED) is 0.430. The molecule has 146 valence electrons. The van der Waals surface area contributed by atoms with E-state index in [9.17, 15) is 0 Å². The molecule has 0 aliphatic rings. The van der Waals surface area contributed by atoms with Gasteiger partial charge in [0.05, 0.1) is 36.0 Å². The van der Waals surface area contributed by atoms with E-state index in [1.165, 1.54) is 0 Å². The molecule has 0 saturated carbocycles. The zero-order valence-corrected chi connectivity index (χ0v) is 17.5. The molecule has 4 rings (SSSR count). The number of nitrogens with zero attached hydrogens (tertiary/aromatic N) is 3. The number of fused-ring (bicyclic) bond motifs is 1. The molecule has 0 aliphatic carbocycles. The largest absolute Gasteiger partial charge is 0.495 e. The van der Waals surface area contributed by atoms with Gasteiger partial charge in [-0.1, -0.05) is 43.4 Å². The summed E-state index contributed by atoms with van der Waals surface area (Å²) in [6.45, 7) is 4.00. The van der Waals surface area contributed by atoms with Crippen molar-refractivity contribution in [2.24, 2.45) is 0 Å². The van der Waals surface area contributed by atoms with Crippen molar-refractivity contribution in [1.29, 1.82) is 5.26 Å². The maximum absolute atomic E-state index is 8.75. The van der Waals surface area contributed by atoms with Crippen LogP contribution in [0.4, 0.5) is 10.8 Å². The fraction of sp³-hybridized carbons (Fsp3) is 0.174. The zero-order valence-electron chi connectivity index (χ0n) is 16.6. The highest BCUT2D eigenvalue weighted by molar-refractivity contribution is 7.22. The van der Waals surface area contributed by atoms with Gasteiger partial charge in [0, 0.05) is 17.4 Å². The lowest BCUT2D eigenvalue weighted by Gasteiger charge is -2.03. The topological polar surface area (TPSA) is 70.8 Å². The number of hydrogen-bond acceptors (Lipinski definition) is 6. The summed E-state index contributed by atoms with van der Waals surface area (Å²) < 4.78 is 6.35. The lowest BCUT2D eigenvalue weighted by molar-refractivity contribution is 0.413. The van der Waals surface area contributed by atoms with Crippen molar-refractivity contribution in [3.05, 3.63) is 66.5 Å². The van der Waals surface area contributed by atoms with Gasteiger partial charge in [0.25, 0.3) is 0 Å². The van der Waals surface area contributed by atoms with E-state index in [4.69, 9.17) is 10.00 Å². The zero-order chi connectivity index (χ0) is 20.6. The van der Waals surface area contributed by atoms with E-state index < -0.39 is 0 Å². The summed E-state index contributed by atoms with van der Waals surface area (Å²) in [5.74, 6) is 0.735. The molecule has 6 heteroatoms. The molecule has 4 aromatic rings. The van der Waals surface area contributed by atoms with Gasteiger partial charge in [0.2, 0.25) is 0 Å². The maximum atomic E-state index is 8.75. The predicted molar refractivity (Wildman–Crippen MR) is 120 cm³/mol. The van der Waals surface area contributed by atoms with Crippen molar-refractivity contribution in [3.63, 3.8) is 0 Å². The fourth-order valence-corrected chi connectivity index (χ4v) is 3.69. The minimum atomic E-state index is 0.420. The third-order valence-corrected chi connectivity index (χ3v) is 5.09. The van der Waals surface area contributed by atoms with Gasteiger partial charge in [-0.2, -0.15) is 5.26 Å². The van der Waals surface area contributed by atoms with Crippen LogP contribution in [0, 0.1) is 11.3 Å². The first kappa shape index (κ1) is 20.3. The molecule has 2 heterocycles. The van der Waals surface area contributed by atoms with Gasteiger partial charge in [-0.3, -0.25) is 4.98 Å². The Labute approximate surface area is 174 Å². The minimum absolute atomic E-state index is 0.420. The number of thiazole rings is 1. The monoisotopic (exact) mass is 402 g/mol. The molecule has 0 radical (unpaired) electrons. The number of rotatable bonds is 5. The van der Waals surface area contributed by atoms with E-state index in [1.54, 1.807) is 24.6 Å². The Morgan fingerprint density at radius 1 is 1.03 bits per heavy atom. The number of anilines is 2. The van der Waals surface area contributed by atoms with E-state index >= 15 is 0 Å².